The van der Waals surface area contributed by atoms with E-state index in [1.54, 1.807) is 0 Å². The van der Waals surface area contributed by atoms with E-state index in [1.165, 1.54) is 32.1 Å². The van der Waals surface area contributed by atoms with Gasteiger partial charge in [-0.3, -0.25) is 4.79 Å². The monoisotopic (exact) mass is 346 g/mol. The molecule has 1 saturated carbocycles. The van der Waals surface area contributed by atoms with Crippen LogP contribution < -0.4 is 10.2 Å². The fourth-order valence-corrected chi connectivity index (χ4v) is 3.66. The van der Waals surface area contributed by atoms with Gasteiger partial charge in [0.1, 0.15) is 0 Å². The van der Waals surface area contributed by atoms with Crippen LogP contribution >= 0.6 is 0 Å². The highest BCUT2D eigenvalue weighted by molar-refractivity contribution is 5.78. The van der Waals surface area contributed by atoms with Gasteiger partial charge in [-0.2, -0.15) is 0 Å². The maximum Gasteiger partial charge on any atom is 0.223 e. The molecule has 0 aromatic heterocycles. The van der Waals surface area contributed by atoms with Gasteiger partial charge in [0.25, 0.3) is 0 Å². The van der Waals surface area contributed by atoms with Crippen molar-refractivity contribution >= 4 is 11.6 Å². The molecule has 1 atom stereocenters. The van der Waals surface area contributed by atoms with E-state index in [9.17, 15) is 9.90 Å². The van der Waals surface area contributed by atoms with Crippen LogP contribution in [0.3, 0.4) is 0 Å². The summed E-state index contributed by atoms with van der Waals surface area (Å²) in [6.07, 6.45) is 7.56. The molecule has 2 rings (SSSR count). The predicted octanol–water partition coefficient (Wildman–Crippen LogP) is 3.90. The summed E-state index contributed by atoms with van der Waals surface area (Å²) in [4.78, 5) is 14.4. The van der Waals surface area contributed by atoms with Crippen LogP contribution in [-0.2, 0) is 4.79 Å². The van der Waals surface area contributed by atoms with Gasteiger partial charge in [0, 0.05) is 32.2 Å². The Balaban J connectivity index is 1.74. The summed E-state index contributed by atoms with van der Waals surface area (Å²) in [6.45, 7) is 2.52. The van der Waals surface area contributed by atoms with Crippen LogP contribution in [0.4, 0.5) is 5.69 Å². The number of unbranched alkanes of at least 4 members (excludes halogenated alkanes) is 1. The fraction of sp³-hybridized carbons (Fsp3) is 0.667. The molecule has 1 unspecified atom stereocenters. The Morgan fingerprint density at radius 1 is 1.20 bits per heavy atom. The second-order valence-electron chi connectivity index (χ2n) is 7.61. The summed E-state index contributed by atoms with van der Waals surface area (Å²) in [7, 11) is 3.98. The zero-order valence-corrected chi connectivity index (χ0v) is 16.0. The Kier molecular flexibility index (Phi) is 7.76. The first-order valence-corrected chi connectivity index (χ1v) is 9.74. The quantitative estimate of drug-likeness (QED) is 0.750. The molecule has 4 nitrogen and oxygen atoms in total. The fourth-order valence-electron chi connectivity index (χ4n) is 3.66. The predicted molar refractivity (Wildman–Crippen MR) is 104 cm³/mol. The van der Waals surface area contributed by atoms with E-state index >= 15 is 0 Å². The van der Waals surface area contributed by atoms with Gasteiger partial charge >= 0.3 is 0 Å². The molecule has 1 aliphatic carbocycles. The second kappa shape index (κ2) is 9.81. The number of anilines is 1. The zero-order valence-electron chi connectivity index (χ0n) is 16.0. The van der Waals surface area contributed by atoms with Crippen LogP contribution in [-0.4, -0.2) is 31.7 Å². The molecule has 0 heterocycles. The van der Waals surface area contributed by atoms with Crippen LogP contribution in [0.5, 0.6) is 0 Å². The first-order valence-electron chi connectivity index (χ1n) is 9.74. The van der Waals surface area contributed by atoms with Gasteiger partial charge in [0.2, 0.25) is 5.91 Å². The van der Waals surface area contributed by atoms with E-state index in [2.05, 4.69) is 12.2 Å². The first-order chi connectivity index (χ1) is 12.0. The summed E-state index contributed by atoms with van der Waals surface area (Å²) < 4.78 is 0. The molecule has 0 spiro atoms. The van der Waals surface area contributed by atoms with Crippen LogP contribution in [0.15, 0.2) is 24.3 Å². The van der Waals surface area contributed by atoms with E-state index in [1.807, 2.05) is 43.3 Å². The number of nitrogens with one attached hydrogen (secondary N) is 1. The molecule has 0 bridgehead atoms. The average Bonchev–Trinajstić information content (AvgIpc) is 2.64. The van der Waals surface area contributed by atoms with Crippen molar-refractivity contribution in [1.82, 2.24) is 5.32 Å². The third kappa shape index (κ3) is 6.03. The molecule has 4 heteroatoms. The summed E-state index contributed by atoms with van der Waals surface area (Å²) in [5.41, 5.74) is 1.94. The minimum absolute atomic E-state index is 0.109. The molecule has 0 radical (unpaired) electrons. The normalized spacial score (nSPS) is 21.6. The van der Waals surface area contributed by atoms with Crippen LogP contribution in [0.25, 0.3) is 0 Å². The molecule has 1 aromatic rings. The van der Waals surface area contributed by atoms with Crippen LogP contribution in [0, 0.1) is 11.8 Å². The van der Waals surface area contributed by atoms with E-state index in [-0.39, 0.29) is 18.4 Å². The number of aliphatic hydroxyl groups excluding tert-OH is 1. The van der Waals surface area contributed by atoms with Gasteiger partial charge in [-0.15, -0.1) is 0 Å². The average molecular weight is 347 g/mol. The highest BCUT2D eigenvalue weighted by atomic mass is 16.3. The molecule has 25 heavy (non-hydrogen) atoms. The van der Waals surface area contributed by atoms with Crippen LogP contribution in [0.2, 0.25) is 0 Å². The Morgan fingerprint density at radius 2 is 1.84 bits per heavy atom. The Hall–Kier alpha value is -1.55. The van der Waals surface area contributed by atoms with Crippen molar-refractivity contribution in [3.8, 4) is 0 Å². The molecule has 2 N–H and O–H groups in total. The number of rotatable bonds is 8. The van der Waals surface area contributed by atoms with Crippen molar-refractivity contribution < 1.29 is 9.90 Å². The Labute approximate surface area is 152 Å². The smallest absolute Gasteiger partial charge is 0.223 e. The van der Waals surface area contributed by atoms with Crippen molar-refractivity contribution in [2.45, 2.75) is 58.0 Å². The standard InChI is InChI=1S/C21H34N2O2/c1-4-5-6-16-7-9-18(10-8-16)21(25)22-15-20(24)17-11-13-19(14-12-17)23(2)3/h11-14,16,18,20,24H,4-10,15H2,1-3H3,(H,22,25). The number of nitrogens with zero attached hydrogens (tertiary/aromatic N) is 1. The molecular formula is C21H34N2O2. The topological polar surface area (TPSA) is 52.6 Å². The summed E-state index contributed by atoms with van der Waals surface area (Å²) in [5, 5.41) is 13.3. The maximum atomic E-state index is 12.4. The minimum atomic E-state index is -0.652. The molecule has 1 aliphatic rings. The van der Waals surface area contributed by atoms with Crippen molar-refractivity contribution in [3.63, 3.8) is 0 Å². The molecule has 1 fully saturated rings. The lowest BCUT2D eigenvalue weighted by Crippen LogP contribution is -2.35. The molecule has 0 saturated heterocycles. The van der Waals surface area contributed by atoms with Crippen molar-refractivity contribution in [3.05, 3.63) is 29.8 Å². The highest BCUT2D eigenvalue weighted by Gasteiger charge is 2.26. The van der Waals surface area contributed by atoms with Crippen molar-refractivity contribution in [1.29, 1.82) is 0 Å². The highest BCUT2D eigenvalue weighted by Crippen LogP contribution is 2.32. The lowest BCUT2D eigenvalue weighted by molar-refractivity contribution is -0.126. The number of amides is 1. The van der Waals surface area contributed by atoms with Crippen molar-refractivity contribution in [2.24, 2.45) is 11.8 Å². The number of carbonyl (C=O) groups excluding carboxylic acids is 1. The number of carbonyl (C=O) groups is 1. The Bertz CT molecular complexity index is 519. The van der Waals surface area contributed by atoms with E-state index in [0.29, 0.717) is 0 Å². The molecule has 1 amide bonds. The molecule has 0 aliphatic heterocycles. The van der Waals surface area contributed by atoms with E-state index in [0.717, 1.165) is 30.0 Å². The van der Waals surface area contributed by atoms with Crippen molar-refractivity contribution in [2.75, 3.05) is 25.5 Å². The number of benzene rings is 1. The Morgan fingerprint density at radius 3 is 2.40 bits per heavy atom. The minimum Gasteiger partial charge on any atom is -0.387 e. The summed E-state index contributed by atoms with van der Waals surface area (Å²) in [6, 6.07) is 7.81. The largest absolute Gasteiger partial charge is 0.387 e. The van der Waals surface area contributed by atoms with E-state index < -0.39 is 6.10 Å². The van der Waals surface area contributed by atoms with Gasteiger partial charge in [0.15, 0.2) is 0 Å². The van der Waals surface area contributed by atoms with Gasteiger partial charge in [-0.25, -0.2) is 0 Å². The van der Waals surface area contributed by atoms with Gasteiger partial charge in [0.05, 0.1) is 6.10 Å². The zero-order chi connectivity index (χ0) is 18.2. The number of hydrogen-bond donors (Lipinski definition) is 2. The summed E-state index contributed by atoms with van der Waals surface area (Å²) in [5.74, 6) is 1.05. The SMILES string of the molecule is CCCCC1CCC(C(=O)NCC(O)c2ccc(N(C)C)cc2)CC1. The van der Waals surface area contributed by atoms with Gasteiger partial charge in [-0.05, 0) is 49.3 Å². The summed E-state index contributed by atoms with van der Waals surface area (Å²) >= 11 is 0. The molecular weight excluding hydrogens is 312 g/mol. The number of hydrogen-bond acceptors (Lipinski definition) is 3. The third-order valence-electron chi connectivity index (χ3n) is 5.45. The van der Waals surface area contributed by atoms with Crippen LogP contribution in [0.1, 0.15) is 63.5 Å². The third-order valence-corrected chi connectivity index (χ3v) is 5.45. The molecule has 140 valence electrons. The number of aliphatic hydroxyl groups is 1. The lowest BCUT2D eigenvalue weighted by Gasteiger charge is -2.28. The maximum absolute atomic E-state index is 12.4. The first kappa shape index (κ1) is 19.8. The second-order valence-corrected chi connectivity index (χ2v) is 7.61. The lowest BCUT2D eigenvalue weighted by atomic mass is 9.79. The molecule has 1 aromatic carbocycles. The van der Waals surface area contributed by atoms with Gasteiger partial charge in [-0.1, -0.05) is 38.3 Å². The van der Waals surface area contributed by atoms with Gasteiger partial charge < -0.3 is 15.3 Å². The van der Waals surface area contributed by atoms with E-state index in [4.69, 9.17) is 0 Å².